The van der Waals surface area contributed by atoms with Crippen molar-refractivity contribution in [2.24, 2.45) is 5.92 Å². The summed E-state index contributed by atoms with van der Waals surface area (Å²) in [7, 11) is 0. The number of terminal acetylenes is 1. The van der Waals surface area contributed by atoms with E-state index in [1.807, 2.05) is 13.8 Å². The van der Waals surface area contributed by atoms with Crippen molar-refractivity contribution in [2.75, 3.05) is 0 Å². The van der Waals surface area contributed by atoms with E-state index >= 15 is 0 Å². The highest BCUT2D eigenvalue weighted by atomic mass is 16.4. The second-order valence-corrected chi connectivity index (χ2v) is 4.38. The fourth-order valence-corrected chi connectivity index (χ4v) is 1.30. The Labute approximate surface area is 102 Å². The summed E-state index contributed by atoms with van der Waals surface area (Å²) in [6.45, 7) is 5.51. The second kappa shape index (κ2) is 7.55. The lowest BCUT2D eigenvalue weighted by molar-refractivity contribution is -0.137. The topological polar surface area (TPSA) is 78.4 Å². The first-order chi connectivity index (χ1) is 7.86. The van der Waals surface area contributed by atoms with E-state index in [0.717, 1.165) is 0 Å². The molecule has 5 nitrogen and oxygen atoms in total. The molecule has 0 saturated heterocycles. The molecule has 0 aromatic heterocycles. The van der Waals surface area contributed by atoms with Crippen molar-refractivity contribution >= 4 is 12.0 Å². The number of hydrogen-bond acceptors (Lipinski definition) is 2. The largest absolute Gasteiger partial charge is 0.481 e. The minimum Gasteiger partial charge on any atom is -0.481 e. The molecule has 3 N–H and O–H groups in total. The van der Waals surface area contributed by atoms with E-state index in [2.05, 4.69) is 16.6 Å². The van der Waals surface area contributed by atoms with E-state index in [4.69, 9.17) is 11.5 Å². The maximum atomic E-state index is 11.5. The van der Waals surface area contributed by atoms with Crippen LogP contribution >= 0.6 is 0 Å². The molecule has 17 heavy (non-hydrogen) atoms. The first kappa shape index (κ1) is 15.3. The molecule has 0 aromatic carbocycles. The van der Waals surface area contributed by atoms with Crippen LogP contribution in [0.2, 0.25) is 0 Å². The van der Waals surface area contributed by atoms with Crippen molar-refractivity contribution in [2.45, 2.75) is 45.7 Å². The van der Waals surface area contributed by atoms with E-state index in [0.29, 0.717) is 6.42 Å². The Morgan fingerprint density at radius 1 is 1.29 bits per heavy atom. The molecule has 5 heteroatoms. The van der Waals surface area contributed by atoms with Crippen LogP contribution in [0.15, 0.2) is 0 Å². The van der Waals surface area contributed by atoms with Crippen LogP contribution in [0.3, 0.4) is 0 Å². The minimum absolute atomic E-state index is 0.0554. The predicted molar refractivity (Wildman–Crippen MR) is 65.5 cm³/mol. The standard InChI is InChI=1S/C12H20N2O3/c1-5-6-9(4)13-12(17)14-10(8(2)3)7-11(15)16/h1,8-10H,6-7H2,2-4H3,(H,15,16)(H2,13,14,17). The first-order valence-electron chi connectivity index (χ1n) is 5.59. The van der Waals surface area contributed by atoms with E-state index in [1.165, 1.54) is 0 Å². The van der Waals surface area contributed by atoms with Gasteiger partial charge in [0.25, 0.3) is 0 Å². The highest BCUT2D eigenvalue weighted by molar-refractivity contribution is 5.76. The van der Waals surface area contributed by atoms with Crippen LogP contribution in [-0.2, 0) is 4.79 Å². The van der Waals surface area contributed by atoms with Crippen molar-refractivity contribution < 1.29 is 14.7 Å². The molecule has 2 amide bonds. The Balaban J connectivity index is 4.22. The number of carboxylic acid groups (broad SMARTS) is 1. The van der Waals surface area contributed by atoms with Gasteiger partial charge in [0.1, 0.15) is 0 Å². The van der Waals surface area contributed by atoms with E-state index in [-0.39, 0.29) is 30.5 Å². The van der Waals surface area contributed by atoms with Crippen molar-refractivity contribution in [1.29, 1.82) is 0 Å². The first-order valence-corrected chi connectivity index (χ1v) is 5.59. The second-order valence-electron chi connectivity index (χ2n) is 4.38. The normalized spacial score (nSPS) is 13.6. The van der Waals surface area contributed by atoms with Crippen LogP contribution in [0.4, 0.5) is 4.79 Å². The summed E-state index contributed by atoms with van der Waals surface area (Å²) < 4.78 is 0. The van der Waals surface area contributed by atoms with Crippen molar-refractivity contribution in [3.8, 4) is 12.3 Å². The summed E-state index contributed by atoms with van der Waals surface area (Å²) in [6, 6.07) is -0.893. The monoisotopic (exact) mass is 240 g/mol. The molecular weight excluding hydrogens is 220 g/mol. The van der Waals surface area contributed by atoms with Gasteiger partial charge >= 0.3 is 12.0 Å². The quantitative estimate of drug-likeness (QED) is 0.610. The average molecular weight is 240 g/mol. The zero-order chi connectivity index (χ0) is 13.4. The van der Waals surface area contributed by atoms with Gasteiger partial charge in [-0.3, -0.25) is 4.79 Å². The Hall–Kier alpha value is -1.70. The fourth-order valence-electron chi connectivity index (χ4n) is 1.30. The zero-order valence-electron chi connectivity index (χ0n) is 10.5. The van der Waals surface area contributed by atoms with Gasteiger partial charge in [0, 0.05) is 18.5 Å². The zero-order valence-corrected chi connectivity index (χ0v) is 10.5. The maximum Gasteiger partial charge on any atom is 0.315 e. The lowest BCUT2D eigenvalue weighted by Crippen LogP contribution is -2.47. The summed E-state index contributed by atoms with van der Waals surface area (Å²) in [4.78, 5) is 22.2. The van der Waals surface area contributed by atoms with Crippen molar-refractivity contribution in [3.63, 3.8) is 0 Å². The van der Waals surface area contributed by atoms with Crippen LogP contribution in [-0.4, -0.2) is 29.2 Å². The van der Waals surface area contributed by atoms with Crippen molar-refractivity contribution in [1.82, 2.24) is 10.6 Å². The van der Waals surface area contributed by atoms with Gasteiger partial charge < -0.3 is 15.7 Å². The third-order valence-corrected chi connectivity index (χ3v) is 2.32. The van der Waals surface area contributed by atoms with Gasteiger partial charge in [0.2, 0.25) is 0 Å². The average Bonchev–Trinajstić information content (AvgIpc) is 2.15. The number of hydrogen-bond donors (Lipinski definition) is 3. The fraction of sp³-hybridized carbons (Fsp3) is 0.667. The number of carbonyl (C=O) groups excluding carboxylic acids is 1. The summed E-state index contributed by atoms with van der Waals surface area (Å²) in [5.41, 5.74) is 0. The maximum absolute atomic E-state index is 11.5. The molecule has 0 rings (SSSR count). The lowest BCUT2D eigenvalue weighted by atomic mass is 10.0. The van der Waals surface area contributed by atoms with Crippen LogP contribution < -0.4 is 10.6 Å². The van der Waals surface area contributed by atoms with Crippen molar-refractivity contribution in [3.05, 3.63) is 0 Å². The molecule has 0 aliphatic carbocycles. The molecular formula is C12H20N2O3. The molecule has 2 atom stereocenters. The Kier molecular flexibility index (Phi) is 6.80. The number of urea groups is 1. The van der Waals surface area contributed by atoms with Gasteiger partial charge in [0.05, 0.1) is 6.42 Å². The highest BCUT2D eigenvalue weighted by Gasteiger charge is 2.19. The molecule has 2 unspecified atom stereocenters. The summed E-state index contributed by atoms with van der Waals surface area (Å²) >= 11 is 0. The van der Waals surface area contributed by atoms with Gasteiger partial charge in [-0.25, -0.2) is 4.79 Å². The Morgan fingerprint density at radius 3 is 2.29 bits per heavy atom. The molecule has 0 radical (unpaired) electrons. The van der Waals surface area contributed by atoms with E-state index in [1.54, 1.807) is 6.92 Å². The molecule has 0 aliphatic rings. The summed E-state index contributed by atoms with van der Waals surface area (Å²) in [6.07, 6.45) is 5.48. The number of carboxylic acids is 1. The minimum atomic E-state index is -0.930. The number of aliphatic carboxylic acids is 1. The molecule has 0 spiro atoms. The molecule has 0 heterocycles. The number of carbonyl (C=O) groups is 2. The lowest BCUT2D eigenvalue weighted by Gasteiger charge is -2.22. The third-order valence-electron chi connectivity index (χ3n) is 2.32. The molecule has 0 aliphatic heterocycles. The molecule has 0 saturated carbocycles. The van der Waals surface area contributed by atoms with Crippen LogP contribution in [0, 0.1) is 18.3 Å². The van der Waals surface area contributed by atoms with Crippen LogP contribution in [0.5, 0.6) is 0 Å². The van der Waals surface area contributed by atoms with Gasteiger partial charge in [-0.15, -0.1) is 12.3 Å². The number of rotatable bonds is 6. The van der Waals surface area contributed by atoms with E-state index in [9.17, 15) is 9.59 Å². The van der Waals surface area contributed by atoms with E-state index < -0.39 is 5.97 Å². The SMILES string of the molecule is C#CCC(C)NC(=O)NC(CC(=O)O)C(C)C. The smallest absolute Gasteiger partial charge is 0.315 e. The molecule has 0 bridgehead atoms. The summed E-state index contributed by atoms with van der Waals surface area (Å²) in [5.74, 6) is 1.57. The number of nitrogens with one attached hydrogen (secondary N) is 2. The van der Waals surface area contributed by atoms with Gasteiger partial charge in [0.15, 0.2) is 0 Å². The van der Waals surface area contributed by atoms with Gasteiger partial charge in [-0.2, -0.15) is 0 Å². The molecule has 96 valence electrons. The Bertz CT molecular complexity index is 307. The van der Waals surface area contributed by atoms with Gasteiger partial charge in [-0.05, 0) is 12.8 Å². The van der Waals surface area contributed by atoms with Gasteiger partial charge in [-0.1, -0.05) is 13.8 Å². The summed E-state index contributed by atoms with van der Waals surface area (Å²) in [5, 5.41) is 14.0. The number of amides is 2. The Morgan fingerprint density at radius 2 is 1.88 bits per heavy atom. The third kappa shape index (κ3) is 7.23. The van der Waals surface area contributed by atoms with Crippen LogP contribution in [0.1, 0.15) is 33.6 Å². The molecule has 0 aromatic rings. The van der Waals surface area contributed by atoms with Crippen LogP contribution in [0.25, 0.3) is 0 Å². The highest BCUT2D eigenvalue weighted by Crippen LogP contribution is 2.06. The predicted octanol–water partition coefficient (Wildman–Crippen LogP) is 1.20. The molecule has 0 fully saturated rings.